The van der Waals surface area contributed by atoms with Gasteiger partial charge in [0.05, 0.1) is 25.4 Å². The van der Waals surface area contributed by atoms with Gasteiger partial charge in [-0.15, -0.1) is 0 Å². The van der Waals surface area contributed by atoms with Crippen LogP contribution in [0.25, 0.3) is 0 Å². The van der Waals surface area contributed by atoms with E-state index in [4.69, 9.17) is 14.6 Å². The molecule has 0 rings (SSSR count). The van der Waals surface area contributed by atoms with Gasteiger partial charge in [-0.3, -0.25) is 0 Å². The maximum absolute atomic E-state index is 8.94. The Kier molecular flexibility index (Phi) is 15.7. The fourth-order valence-electron chi connectivity index (χ4n) is 2.64. The number of ether oxygens (including phenoxy) is 2. The second kappa shape index (κ2) is 15.8. The summed E-state index contributed by atoms with van der Waals surface area (Å²) in [6.07, 6.45) is 11.9. The summed E-state index contributed by atoms with van der Waals surface area (Å²) in [5.41, 5.74) is 0. The van der Waals surface area contributed by atoms with Crippen molar-refractivity contribution in [3.05, 3.63) is 0 Å². The van der Waals surface area contributed by atoms with Gasteiger partial charge in [-0.05, 0) is 26.2 Å². The van der Waals surface area contributed by atoms with Crippen molar-refractivity contribution >= 4 is 0 Å². The topological polar surface area (TPSA) is 38.7 Å². The number of aliphatic hydroxyl groups is 1. The van der Waals surface area contributed by atoms with Crippen LogP contribution in [0.1, 0.15) is 85.5 Å². The average Bonchev–Trinajstić information content (AvgIpc) is 2.52. The lowest BCUT2D eigenvalue weighted by molar-refractivity contribution is -0.0478. The second-order valence-corrected chi connectivity index (χ2v) is 6.65. The molecule has 0 bridgehead atoms. The Labute approximate surface area is 138 Å². The van der Waals surface area contributed by atoms with Crippen molar-refractivity contribution in [3.63, 3.8) is 0 Å². The van der Waals surface area contributed by atoms with Crippen LogP contribution in [0.2, 0.25) is 0 Å². The van der Waals surface area contributed by atoms with E-state index >= 15 is 0 Å². The van der Waals surface area contributed by atoms with Crippen molar-refractivity contribution in [2.75, 3.05) is 19.8 Å². The minimum absolute atomic E-state index is 0.0731. The van der Waals surface area contributed by atoms with Crippen molar-refractivity contribution in [2.45, 2.75) is 97.7 Å². The standard InChI is InChI=1S/C19H40O3/c1-5-7-9-11-19(12-10-8-6-2)13-14-21-18(4)16-22-17(3)15-20/h17-20H,5-16H2,1-4H3. The molecule has 0 amide bonds. The first kappa shape index (κ1) is 21.9. The maximum atomic E-state index is 8.94. The van der Waals surface area contributed by atoms with Crippen LogP contribution in [0.3, 0.4) is 0 Å². The molecule has 0 heterocycles. The zero-order chi connectivity index (χ0) is 16.6. The zero-order valence-corrected chi connectivity index (χ0v) is 15.5. The van der Waals surface area contributed by atoms with E-state index in [0.717, 1.165) is 12.5 Å². The molecule has 2 atom stereocenters. The molecule has 0 saturated carbocycles. The second-order valence-electron chi connectivity index (χ2n) is 6.65. The minimum Gasteiger partial charge on any atom is -0.394 e. The molecule has 22 heavy (non-hydrogen) atoms. The lowest BCUT2D eigenvalue weighted by atomic mass is 9.92. The van der Waals surface area contributed by atoms with E-state index in [1.165, 1.54) is 57.8 Å². The fraction of sp³-hybridized carbons (Fsp3) is 1.00. The Morgan fingerprint density at radius 1 is 0.773 bits per heavy atom. The van der Waals surface area contributed by atoms with Gasteiger partial charge in [0.2, 0.25) is 0 Å². The minimum atomic E-state index is -0.0955. The van der Waals surface area contributed by atoms with Gasteiger partial charge < -0.3 is 14.6 Å². The third-order valence-electron chi connectivity index (χ3n) is 4.23. The molecule has 0 spiro atoms. The molecular formula is C19H40O3. The number of unbranched alkanes of at least 4 members (excludes halogenated alkanes) is 4. The summed E-state index contributed by atoms with van der Waals surface area (Å²) in [6, 6.07) is 0. The predicted molar refractivity (Wildman–Crippen MR) is 94.3 cm³/mol. The van der Waals surface area contributed by atoms with Gasteiger partial charge in [-0.1, -0.05) is 65.2 Å². The SMILES string of the molecule is CCCCCC(CCCCC)CCOC(C)COC(C)CO. The molecule has 0 radical (unpaired) electrons. The van der Waals surface area contributed by atoms with Crippen molar-refractivity contribution in [2.24, 2.45) is 5.92 Å². The Bertz CT molecular complexity index is 211. The molecule has 0 aromatic carbocycles. The van der Waals surface area contributed by atoms with E-state index in [1.807, 2.05) is 13.8 Å². The summed E-state index contributed by atoms with van der Waals surface area (Å²) in [5, 5.41) is 8.94. The highest BCUT2D eigenvalue weighted by atomic mass is 16.5. The molecule has 3 nitrogen and oxygen atoms in total. The van der Waals surface area contributed by atoms with Crippen molar-refractivity contribution in [1.29, 1.82) is 0 Å². The highest BCUT2D eigenvalue weighted by Gasteiger charge is 2.11. The highest BCUT2D eigenvalue weighted by molar-refractivity contribution is 4.61. The Hall–Kier alpha value is -0.120. The van der Waals surface area contributed by atoms with Gasteiger partial charge in [0.1, 0.15) is 0 Å². The van der Waals surface area contributed by atoms with Gasteiger partial charge in [0.15, 0.2) is 0 Å². The Morgan fingerprint density at radius 3 is 1.86 bits per heavy atom. The summed E-state index contributed by atoms with van der Waals surface area (Å²) < 4.78 is 11.4. The first-order valence-electron chi connectivity index (χ1n) is 9.48. The van der Waals surface area contributed by atoms with Gasteiger partial charge in [0.25, 0.3) is 0 Å². The summed E-state index contributed by atoms with van der Waals surface area (Å²) in [7, 11) is 0. The number of hydrogen-bond acceptors (Lipinski definition) is 3. The smallest absolute Gasteiger partial charge is 0.0780 e. The molecule has 134 valence electrons. The lowest BCUT2D eigenvalue weighted by Crippen LogP contribution is -2.23. The van der Waals surface area contributed by atoms with Gasteiger partial charge in [0, 0.05) is 6.61 Å². The molecular weight excluding hydrogens is 276 g/mol. The van der Waals surface area contributed by atoms with Crippen LogP contribution in [0.4, 0.5) is 0 Å². The summed E-state index contributed by atoms with van der Waals surface area (Å²) >= 11 is 0. The first-order chi connectivity index (χ1) is 10.6. The van der Waals surface area contributed by atoms with Crippen molar-refractivity contribution in [3.8, 4) is 0 Å². The van der Waals surface area contributed by atoms with Crippen LogP contribution in [0.5, 0.6) is 0 Å². The molecule has 0 aliphatic carbocycles. The van der Waals surface area contributed by atoms with E-state index in [-0.39, 0.29) is 18.8 Å². The predicted octanol–water partition coefficient (Wildman–Crippen LogP) is 4.96. The molecule has 3 heteroatoms. The molecule has 1 N–H and O–H groups in total. The summed E-state index contributed by atoms with van der Waals surface area (Å²) in [5.74, 6) is 0.822. The normalized spacial score (nSPS) is 14.5. The lowest BCUT2D eigenvalue weighted by Gasteiger charge is -2.20. The van der Waals surface area contributed by atoms with E-state index < -0.39 is 0 Å². The van der Waals surface area contributed by atoms with E-state index in [9.17, 15) is 0 Å². The van der Waals surface area contributed by atoms with Crippen LogP contribution < -0.4 is 0 Å². The zero-order valence-electron chi connectivity index (χ0n) is 15.5. The molecule has 0 saturated heterocycles. The number of rotatable bonds is 16. The first-order valence-corrected chi connectivity index (χ1v) is 9.48. The van der Waals surface area contributed by atoms with Crippen LogP contribution in [-0.2, 0) is 9.47 Å². The van der Waals surface area contributed by atoms with Crippen molar-refractivity contribution < 1.29 is 14.6 Å². The molecule has 0 aliphatic heterocycles. The summed E-state index contributed by atoms with van der Waals surface area (Å²) in [4.78, 5) is 0. The van der Waals surface area contributed by atoms with Crippen LogP contribution in [-0.4, -0.2) is 37.1 Å². The van der Waals surface area contributed by atoms with Crippen LogP contribution in [0.15, 0.2) is 0 Å². The number of aliphatic hydroxyl groups excluding tert-OH is 1. The van der Waals surface area contributed by atoms with Gasteiger partial charge in [-0.2, -0.15) is 0 Å². The average molecular weight is 317 g/mol. The molecule has 0 aliphatic rings. The maximum Gasteiger partial charge on any atom is 0.0780 e. The molecule has 2 unspecified atom stereocenters. The third-order valence-corrected chi connectivity index (χ3v) is 4.23. The highest BCUT2D eigenvalue weighted by Crippen LogP contribution is 2.21. The molecule has 0 aromatic rings. The molecule has 0 aromatic heterocycles. The van der Waals surface area contributed by atoms with Crippen molar-refractivity contribution in [1.82, 2.24) is 0 Å². The molecule has 0 fully saturated rings. The van der Waals surface area contributed by atoms with Crippen LogP contribution in [0, 0.1) is 5.92 Å². The third kappa shape index (κ3) is 13.5. The summed E-state index contributed by atoms with van der Waals surface area (Å²) in [6.45, 7) is 9.94. The van der Waals surface area contributed by atoms with Crippen LogP contribution >= 0.6 is 0 Å². The van der Waals surface area contributed by atoms with E-state index in [2.05, 4.69) is 13.8 Å². The Morgan fingerprint density at radius 2 is 1.36 bits per heavy atom. The van der Waals surface area contributed by atoms with Gasteiger partial charge >= 0.3 is 0 Å². The van der Waals surface area contributed by atoms with Gasteiger partial charge in [-0.25, -0.2) is 0 Å². The number of hydrogen-bond donors (Lipinski definition) is 1. The van der Waals surface area contributed by atoms with E-state index in [0.29, 0.717) is 6.61 Å². The largest absolute Gasteiger partial charge is 0.394 e. The Balaban J connectivity index is 3.83. The van der Waals surface area contributed by atoms with E-state index in [1.54, 1.807) is 0 Å². The monoisotopic (exact) mass is 316 g/mol. The fourth-order valence-corrected chi connectivity index (χ4v) is 2.64. The quantitative estimate of drug-likeness (QED) is 0.409.